The van der Waals surface area contributed by atoms with Crippen LogP contribution in [0.3, 0.4) is 0 Å². The summed E-state index contributed by atoms with van der Waals surface area (Å²) in [6, 6.07) is 4.87. The molecule has 1 N–H and O–H groups in total. The Morgan fingerprint density at radius 2 is 2.00 bits per heavy atom. The maximum Gasteiger partial charge on any atom is 0.135 e. The molecule has 1 heterocycles. The summed E-state index contributed by atoms with van der Waals surface area (Å²) in [6.45, 7) is 0. The van der Waals surface area contributed by atoms with Gasteiger partial charge in [0.05, 0.1) is 15.7 Å². The normalized spacial score (nSPS) is 10.4. The van der Waals surface area contributed by atoms with E-state index in [1.165, 1.54) is 17.6 Å². The first-order valence-corrected chi connectivity index (χ1v) is 5.36. The standard InChI is InChI=1S/C9H5Cl2NOS/c10-6-4-9(13)7(11)3-5(6)8-1-2-14-12-8/h1-4,13H. The molecule has 0 unspecified atom stereocenters. The van der Waals surface area contributed by atoms with Crippen LogP contribution in [0.1, 0.15) is 0 Å². The molecule has 0 aliphatic carbocycles. The van der Waals surface area contributed by atoms with Crippen molar-refractivity contribution in [1.82, 2.24) is 4.37 Å². The maximum absolute atomic E-state index is 9.29. The first-order chi connectivity index (χ1) is 6.68. The molecule has 2 nitrogen and oxygen atoms in total. The summed E-state index contributed by atoms with van der Waals surface area (Å²) in [5, 5.41) is 11.9. The average molecular weight is 246 g/mol. The largest absolute Gasteiger partial charge is 0.506 e. The van der Waals surface area contributed by atoms with Crippen molar-refractivity contribution < 1.29 is 5.11 Å². The molecule has 5 heteroatoms. The van der Waals surface area contributed by atoms with Gasteiger partial charge in [-0.1, -0.05) is 23.2 Å². The van der Waals surface area contributed by atoms with Gasteiger partial charge in [-0.15, -0.1) is 0 Å². The van der Waals surface area contributed by atoms with Gasteiger partial charge in [0.1, 0.15) is 5.75 Å². The van der Waals surface area contributed by atoms with Crippen LogP contribution in [0, 0.1) is 0 Å². The Balaban J connectivity index is 2.60. The summed E-state index contributed by atoms with van der Waals surface area (Å²) >= 11 is 13.0. The van der Waals surface area contributed by atoms with E-state index in [1.54, 1.807) is 6.07 Å². The van der Waals surface area contributed by atoms with E-state index < -0.39 is 0 Å². The first-order valence-electron chi connectivity index (χ1n) is 3.77. The molecule has 2 rings (SSSR count). The van der Waals surface area contributed by atoms with Gasteiger partial charge in [0.15, 0.2) is 0 Å². The molecule has 0 aliphatic rings. The quantitative estimate of drug-likeness (QED) is 0.829. The summed E-state index contributed by atoms with van der Waals surface area (Å²) in [5.74, 6) is -0.0179. The van der Waals surface area contributed by atoms with Gasteiger partial charge in [0.2, 0.25) is 0 Å². The van der Waals surface area contributed by atoms with Gasteiger partial charge in [-0.3, -0.25) is 0 Å². The molecule has 0 saturated carbocycles. The second-order valence-corrected chi connectivity index (χ2v) is 4.15. The summed E-state index contributed by atoms with van der Waals surface area (Å²) in [6.07, 6.45) is 0. The van der Waals surface area contributed by atoms with E-state index in [9.17, 15) is 5.11 Å². The van der Waals surface area contributed by atoms with E-state index in [-0.39, 0.29) is 10.8 Å². The zero-order chi connectivity index (χ0) is 10.1. The molecule has 14 heavy (non-hydrogen) atoms. The highest BCUT2D eigenvalue weighted by molar-refractivity contribution is 7.03. The predicted molar refractivity (Wildman–Crippen MR) is 59.2 cm³/mol. The predicted octanol–water partition coefficient (Wildman–Crippen LogP) is 3.82. The lowest BCUT2D eigenvalue weighted by molar-refractivity contribution is 0.475. The fraction of sp³-hybridized carbons (Fsp3) is 0. The maximum atomic E-state index is 9.29. The molecule has 0 fully saturated rings. The Bertz CT molecular complexity index is 456. The van der Waals surface area contributed by atoms with Crippen LogP contribution in [0.15, 0.2) is 23.6 Å². The van der Waals surface area contributed by atoms with Gasteiger partial charge in [-0.2, -0.15) is 4.37 Å². The molecule has 72 valence electrons. The zero-order valence-corrected chi connectivity index (χ0v) is 9.20. The van der Waals surface area contributed by atoms with Gasteiger partial charge in [-0.25, -0.2) is 0 Å². The molecule has 1 aromatic heterocycles. The Kier molecular flexibility index (Phi) is 2.63. The molecule has 0 saturated heterocycles. The van der Waals surface area contributed by atoms with Crippen molar-refractivity contribution >= 4 is 34.7 Å². The summed E-state index contributed by atoms with van der Waals surface area (Å²) in [7, 11) is 0. The van der Waals surface area contributed by atoms with Crippen molar-refractivity contribution in [3.63, 3.8) is 0 Å². The number of nitrogens with zero attached hydrogens (tertiary/aromatic N) is 1. The molecule has 0 spiro atoms. The topological polar surface area (TPSA) is 33.1 Å². The lowest BCUT2D eigenvalue weighted by Crippen LogP contribution is -1.79. The van der Waals surface area contributed by atoms with E-state index in [2.05, 4.69) is 4.37 Å². The highest BCUT2D eigenvalue weighted by Crippen LogP contribution is 2.35. The van der Waals surface area contributed by atoms with E-state index >= 15 is 0 Å². The van der Waals surface area contributed by atoms with Gasteiger partial charge >= 0.3 is 0 Å². The highest BCUT2D eigenvalue weighted by Gasteiger charge is 2.09. The van der Waals surface area contributed by atoms with Gasteiger partial charge in [0.25, 0.3) is 0 Å². The highest BCUT2D eigenvalue weighted by atomic mass is 35.5. The van der Waals surface area contributed by atoms with Gasteiger partial charge < -0.3 is 5.11 Å². The number of aromatic nitrogens is 1. The molecule has 0 aliphatic heterocycles. The number of hydrogen-bond acceptors (Lipinski definition) is 3. The lowest BCUT2D eigenvalue weighted by atomic mass is 10.1. The first kappa shape index (κ1) is 9.77. The van der Waals surface area contributed by atoms with Crippen LogP contribution in [0.4, 0.5) is 0 Å². The number of phenols is 1. The summed E-state index contributed by atoms with van der Waals surface area (Å²) in [4.78, 5) is 0. The van der Waals surface area contributed by atoms with Crippen molar-refractivity contribution in [3.05, 3.63) is 33.6 Å². The number of aromatic hydroxyl groups is 1. The van der Waals surface area contributed by atoms with Crippen molar-refractivity contribution in [2.45, 2.75) is 0 Å². The smallest absolute Gasteiger partial charge is 0.135 e. The van der Waals surface area contributed by atoms with E-state index in [4.69, 9.17) is 23.2 Å². The third kappa shape index (κ3) is 1.71. The summed E-state index contributed by atoms with van der Waals surface area (Å²) < 4.78 is 4.14. The van der Waals surface area contributed by atoms with Crippen LogP contribution in [-0.4, -0.2) is 9.48 Å². The minimum atomic E-state index is -0.0179. The molecular weight excluding hydrogens is 241 g/mol. The third-order valence-corrected chi connectivity index (χ3v) is 2.93. The number of rotatable bonds is 1. The van der Waals surface area contributed by atoms with Crippen molar-refractivity contribution in [2.75, 3.05) is 0 Å². The number of halogens is 2. The minimum Gasteiger partial charge on any atom is -0.506 e. The van der Waals surface area contributed by atoms with E-state index in [0.29, 0.717) is 5.02 Å². The molecule has 2 aromatic rings. The second kappa shape index (κ2) is 3.77. The molecular formula is C9H5Cl2NOS. The molecule has 1 aromatic carbocycles. The Morgan fingerprint density at radius 3 is 2.64 bits per heavy atom. The third-order valence-electron chi connectivity index (χ3n) is 1.75. The van der Waals surface area contributed by atoms with Gasteiger partial charge in [-0.05, 0) is 23.7 Å². The van der Waals surface area contributed by atoms with Crippen molar-refractivity contribution in [1.29, 1.82) is 0 Å². The Hall–Kier alpha value is -0.770. The lowest BCUT2D eigenvalue weighted by Gasteiger charge is -2.03. The van der Waals surface area contributed by atoms with Gasteiger partial charge in [0, 0.05) is 17.0 Å². The van der Waals surface area contributed by atoms with E-state index in [1.807, 2.05) is 11.4 Å². The Labute approximate surface area is 94.9 Å². The molecule has 0 radical (unpaired) electrons. The van der Waals surface area contributed by atoms with Crippen LogP contribution in [0.2, 0.25) is 10.0 Å². The molecule has 0 atom stereocenters. The fourth-order valence-electron chi connectivity index (χ4n) is 1.08. The summed E-state index contributed by atoms with van der Waals surface area (Å²) in [5.41, 5.74) is 1.50. The number of hydrogen-bond donors (Lipinski definition) is 1. The van der Waals surface area contributed by atoms with Crippen LogP contribution in [0.25, 0.3) is 11.3 Å². The van der Waals surface area contributed by atoms with Crippen LogP contribution in [0.5, 0.6) is 5.75 Å². The molecule has 0 bridgehead atoms. The number of phenolic OH excluding ortho intramolecular Hbond substituents is 1. The van der Waals surface area contributed by atoms with Crippen molar-refractivity contribution in [3.8, 4) is 17.0 Å². The second-order valence-electron chi connectivity index (χ2n) is 2.67. The SMILES string of the molecule is Oc1cc(Cl)c(-c2ccsn2)cc1Cl. The zero-order valence-electron chi connectivity index (χ0n) is 6.87. The van der Waals surface area contributed by atoms with Crippen LogP contribution >= 0.6 is 34.7 Å². The minimum absolute atomic E-state index is 0.0179. The Morgan fingerprint density at radius 1 is 1.21 bits per heavy atom. The van der Waals surface area contributed by atoms with Crippen LogP contribution < -0.4 is 0 Å². The average Bonchev–Trinajstić information content (AvgIpc) is 2.64. The monoisotopic (exact) mass is 245 g/mol. The van der Waals surface area contributed by atoms with Crippen molar-refractivity contribution in [2.24, 2.45) is 0 Å². The fourth-order valence-corrected chi connectivity index (χ4v) is 2.03. The van der Waals surface area contributed by atoms with Crippen LogP contribution in [-0.2, 0) is 0 Å². The van der Waals surface area contributed by atoms with E-state index in [0.717, 1.165) is 11.3 Å². The molecule has 0 amide bonds. The number of benzene rings is 1.